The minimum absolute atomic E-state index is 0.222. The lowest BCUT2D eigenvalue weighted by Crippen LogP contribution is -2.38. The summed E-state index contributed by atoms with van der Waals surface area (Å²) in [5.41, 5.74) is 1.27. The van der Waals surface area contributed by atoms with Crippen LogP contribution in [-0.4, -0.2) is 30.5 Å². The molecule has 1 aromatic rings. The molecular weight excluding hydrogens is 256 g/mol. The Balaban J connectivity index is 1.55. The van der Waals surface area contributed by atoms with Crippen molar-refractivity contribution in [1.82, 2.24) is 0 Å². The van der Waals surface area contributed by atoms with Crippen LogP contribution >= 0.6 is 0 Å². The molecule has 4 rings (SSSR count). The number of ether oxygens (including phenoxy) is 3. The topological polar surface area (TPSA) is 47.9 Å². The Hall–Kier alpha value is -0.940. The van der Waals surface area contributed by atoms with Crippen molar-refractivity contribution in [2.24, 2.45) is 0 Å². The Labute approximate surface area is 118 Å². The molecule has 0 aliphatic carbocycles. The van der Waals surface area contributed by atoms with Gasteiger partial charge < -0.3 is 19.3 Å². The van der Waals surface area contributed by atoms with Crippen LogP contribution in [0.5, 0.6) is 0 Å². The normalized spacial score (nSPS) is 37.5. The van der Waals surface area contributed by atoms with Crippen LogP contribution in [0.3, 0.4) is 0 Å². The molecule has 0 saturated carbocycles. The van der Waals surface area contributed by atoms with E-state index in [-0.39, 0.29) is 18.5 Å². The van der Waals surface area contributed by atoms with Gasteiger partial charge in [-0.25, -0.2) is 0 Å². The van der Waals surface area contributed by atoms with E-state index in [1.165, 1.54) is 0 Å². The van der Waals surface area contributed by atoms with E-state index >= 15 is 0 Å². The van der Waals surface area contributed by atoms with Crippen LogP contribution in [-0.2, 0) is 19.8 Å². The van der Waals surface area contributed by atoms with E-state index in [4.69, 9.17) is 14.2 Å². The van der Waals surface area contributed by atoms with Crippen LogP contribution in [0.4, 0.5) is 0 Å². The molecule has 0 radical (unpaired) electrons. The van der Waals surface area contributed by atoms with Gasteiger partial charge in [0.25, 0.3) is 0 Å². The Morgan fingerprint density at radius 2 is 1.55 bits per heavy atom. The number of hydrogen-bond acceptors (Lipinski definition) is 4. The SMILES string of the molecule is OC1(c2ccc(C3OCCO3)cc2)CC2CCC(C1)O2. The van der Waals surface area contributed by atoms with Gasteiger partial charge in [-0.1, -0.05) is 24.3 Å². The van der Waals surface area contributed by atoms with E-state index in [0.29, 0.717) is 26.1 Å². The van der Waals surface area contributed by atoms with Crippen molar-refractivity contribution in [1.29, 1.82) is 0 Å². The van der Waals surface area contributed by atoms with Gasteiger partial charge in [-0.2, -0.15) is 0 Å². The molecule has 2 bridgehead atoms. The summed E-state index contributed by atoms with van der Waals surface area (Å²) in [5, 5.41) is 10.9. The molecule has 3 aliphatic heterocycles. The Morgan fingerprint density at radius 3 is 2.15 bits per heavy atom. The molecule has 4 heteroatoms. The molecule has 2 unspecified atom stereocenters. The van der Waals surface area contributed by atoms with Gasteiger partial charge in [0, 0.05) is 18.4 Å². The van der Waals surface area contributed by atoms with E-state index in [0.717, 1.165) is 24.0 Å². The van der Waals surface area contributed by atoms with Crippen molar-refractivity contribution in [2.75, 3.05) is 13.2 Å². The first-order valence-corrected chi connectivity index (χ1v) is 7.44. The predicted molar refractivity (Wildman–Crippen MR) is 72.1 cm³/mol. The molecule has 4 nitrogen and oxygen atoms in total. The van der Waals surface area contributed by atoms with Crippen LogP contribution in [0, 0.1) is 0 Å². The zero-order valence-corrected chi connectivity index (χ0v) is 11.5. The molecule has 2 atom stereocenters. The minimum Gasteiger partial charge on any atom is -0.385 e. The standard InChI is InChI=1S/C16H20O4/c17-16(9-13-5-6-14(10-16)20-13)12-3-1-11(2-4-12)15-18-7-8-19-15/h1-4,13-15,17H,5-10H2. The van der Waals surface area contributed by atoms with Crippen molar-refractivity contribution in [2.45, 2.75) is 49.8 Å². The second kappa shape index (κ2) is 4.81. The molecule has 0 aromatic heterocycles. The fourth-order valence-corrected chi connectivity index (χ4v) is 3.65. The van der Waals surface area contributed by atoms with Crippen LogP contribution < -0.4 is 0 Å². The number of benzene rings is 1. The smallest absolute Gasteiger partial charge is 0.184 e. The predicted octanol–water partition coefficient (Wildman–Crippen LogP) is 2.26. The first-order valence-electron chi connectivity index (χ1n) is 7.44. The quantitative estimate of drug-likeness (QED) is 0.900. The van der Waals surface area contributed by atoms with Gasteiger partial charge in [-0.15, -0.1) is 0 Å². The maximum absolute atomic E-state index is 10.9. The molecule has 108 valence electrons. The first-order chi connectivity index (χ1) is 9.73. The third-order valence-electron chi connectivity index (χ3n) is 4.67. The Morgan fingerprint density at radius 1 is 0.950 bits per heavy atom. The van der Waals surface area contributed by atoms with Crippen LogP contribution in [0.15, 0.2) is 24.3 Å². The molecule has 20 heavy (non-hydrogen) atoms. The molecule has 3 heterocycles. The molecular formula is C16H20O4. The van der Waals surface area contributed by atoms with Gasteiger partial charge in [0.15, 0.2) is 6.29 Å². The Bertz CT molecular complexity index is 466. The van der Waals surface area contributed by atoms with E-state index in [1.54, 1.807) is 0 Å². The monoisotopic (exact) mass is 276 g/mol. The van der Waals surface area contributed by atoms with Gasteiger partial charge in [0.05, 0.1) is 31.0 Å². The summed E-state index contributed by atoms with van der Waals surface area (Å²) < 4.78 is 16.8. The summed E-state index contributed by atoms with van der Waals surface area (Å²) in [4.78, 5) is 0. The number of hydrogen-bond donors (Lipinski definition) is 1. The fraction of sp³-hybridized carbons (Fsp3) is 0.625. The lowest BCUT2D eigenvalue weighted by molar-refractivity contribution is -0.115. The molecule has 3 fully saturated rings. The zero-order valence-electron chi connectivity index (χ0n) is 11.5. The van der Waals surface area contributed by atoms with Gasteiger partial charge in [-0.05, 0) is 18.4 Å². The van der Waals surface area contributed by atoms with Gasteiger partial charge in [-0.3, -0.25) is 0 Å². The average molecular weight is 276 g/mol. The highest BCUT2D eigenvalue weighted by atomic mass is 16.7. The number of fused-ring (bicyclic) bond motifs is 2. The molecule has 0 amide bonds. The summed E-state index contributed by atoms with van der Waals surface area (Å²) in [6.45, 7) is 1.30. The van der Waals surface area contributed by atoms with Crippen molar-refractivity contribution in [3.8, 4) is 0 Å². The van der Waals surface area contributed by atoms with Crippen molar-refractivity contribution in [3.05, 3.63) is 35.4 Å². The van der Waals surface area contributed by atoms with E-state index < -0.39 is 5.60 Å². The van der Waals surface area contributed by atoms with Gasteiger partial charge in [0.1, 0.15) is 0 Å². The zero-order chi connectivity index (χ0) is 13.6. The van der Waals surface area contributed by atoms with Crippen LogP contribution in [0.2, 0.25) is 0 Å². The van der Waals surface area contributed by atoms with E-state index in [2.05, 4.69) is 0 Å². The molecule has 3 aliphatic rings. The van der Waals surface area contributed by atoms with Crippen molar-refractivity contribution >= 4 is 0 Å². The first kappa shape index (κ1) is 12.8. The fourth-order valence-electron chi connectivity index (χ4n) is 3.65. The highest BCUT2D eigenvalue weighted by molar-refractivity contribution is 5.29. The summed E-state index contributed by atoms with van der Waals surface area (Å²) >= 11 is 0. The number of aliphatic hydroxyl groups is 1. The molecule has 0 spiro atoms. The second-order valence-corrected chi connectivity index (χ2v) is 6.09. The summed E-state index contributed by atoms with van der Waals surface area (Å²) in [7, 11) is 0. The van der Waals surface area contributed by atoms with Crippen molar-refractivity contribution in [3.63, 3.8) is 0 Å². The van der Waals surface area contributed by atoms with E-state index in [1.807, 2.05) is 24.3 Å². The van der Waals surface area contributed by atoms with Gasteiger partial charge >= 0.3 is 0 Å². The second-order valence-electron chi connectivity index (χ2n) is 6.09. The maximum atomic E-state index is 10.9. The average Bonchev–Trinajstić information content (AvgIpc) is 3.09. The lowest BCUT2D eigenvalue weighted by atomic mass is 9.83. The molecule has 1 aromatic carbocycles. The third-order valence-corrected chi connectivity index (χ3v) is 4.67. The lowest BCUT2D eigenvalue weighted by Gasteiger charge is -2.37. The number of rotatable bonds is 2. The Kier molecular flexibility index (Phi) is 3.07. The summed E-state index contributed by atoms with van der Waals surface area (Å²) in [6.07, 6.45) is 3.77. The minimum atomic E-state index is -0.736. The summed E-state index contributed by atoms with van der Waals surface area (Å²) in [6, 6.07) is 8.01. The van der Waals surface area contributed by atoms with Crippen LogP contribution in [0.1, 0.15) is 43.1 Å². The van der Waals surface area contributed by atoms with E-state index in [9.17, 15) is 5.11 Å². The maximum Gasteiger partial charge on any atom is 0.184 e. The summed E-state index contributed by atoms with van der Waals surface area (Å²) in [5.74, 6) is 0. The molecule has 1 N–H and O–H groups in total. The third kappa shape index (κ3) is 2.17. The highest BCUT2D eigenvalue weighted by Crippen LogP contribution is 2.44. The van der Waals surface area contributed by atoms with Gasteiger partial charge in [0.2, 0.25) is 0 Å². The van der Waals surface area contributed by atoms with Crippen LogP contribution in [0.25, 0.3) is 0 Å². The van der Waals surface area contributed by atoms with Crippen molar-refractivity contribution < 1.29 is 19.3 Å². The molecule has 3 saturated heterocycles. The highest BCUT2D eigenvalue weighted by Gasteiger charge is 2.44. The largest absolute Gasteiger partial charge is 0.385 e.